The molecule has 0 aliphatic carbocycles. The number of methoxy groups -OCH3 is 1. The first-order valence-electron chi connectivity index (χ1n) is 10.0. The van der Waals surface area contributed by atoms with Crippen molar-refractivity contribution in [1.82, 2.24) is 10.3 Å². The minimum atomic E-state index is -0.628. The SMILES string of the molecule is C.COc1ccccc1OCCNCC(O)COc1cccc2[nH]c3ccccc3c12. The fraction of sp³-hybridized carbons (Fsp3) is 0.280. The molecule has 1 atom stereocenters. The van der Waals surface area contributed by atoms with Gasteiger partial charge in [-0.1, -0.05) is 43.8 Å². The lowest BCUT2D eigenvalue weighted by molar-refractivity contribution is 0.106. The van der Waals surface area contributed by atoms with Crippen LogP contribution in [0.15, 0.2) is 66.7 Å². The molecular weight excluding hydrogens is 392 g/mol. The lowest BCUT2D eigenvalue weighted by atomic mass is 10.1. The van der Waals surface area contributed by atoms with Crippen LogP contribution in [0, 0.1) is 0 Å². The number of H-pyrrole nitrogens is 1. The zero-order valence-electron chi connectivity index (χ0n) is 16.9. The van der Waals surface area contributed by atoms with Gasteiger partial charge >= 0.3 is 0 Å². The normalized spacial score (nSPS) is 11.8. The average molecular weight is 423 g/mol. The molecule has 0 radical (unpaired) electrons. The number of benzene rings is 3. The second-order valence-corrected chi connectivity index (χ2v) is 7.02. The highest BCUT2D eigenvalue weighted by atomic mass is 16.5. The summed E-state index contributed by atoms with van der Waals surface area (Å²) < 4.78 is 16.9. The minimum Gasteiger partial charge on any atom is -0.493 e. The van der Waals surface area contributed by atoms with Gasteiger partial charge in [-0.15, -0.1) is 0 Å². The molecule has 4 aromatic rings. The van der Waals surface area contributed by atoms with Gasteiger partial charge in [-0.25, -0.2) is 0 Å². The number of nitrogens with one attached hydrogen (secondary N) is 2. The van der Waals surface area contributed by atoms with Crippen LogP contribution in [0.1, 0.15) is 7.43 Å². The van der Waals surface area contributed by atoms with Gasteiger partial charge in [0.1, 0.15) is 25.1 Å². The Morgan fingerprint density at radius 1 is 0.871 bits per heavy atom. The third kappa shape index (κ3) is 5.29. The Hall–Kier alpha value is -3.22. The number of hydrogen-bond acceptors (Lipinski definition) is 5. The molecule has 1 unspecified atom stereocenters. The molecular formula is C25H30N2O4. The first-order chi connectivity index (χ1) is 14.8. The number of para-hydroxylation sites is 3. The number of ether oxygens (including phenoxy) is 3. The second-order valence-electron chi connectivity index (χ2n) is 7.02. The van der Waals surface area contributed by atoms with Crippen molar-refractivity contribution in [3.05, 3.63) is 66.7 Å². The zero-order valence-corrected chi connectivity index (χ0v) is 16.9. The van der Waals surface area contributed by atoms with E-state index in [1.165, 1.54) is 0 Å². The van der Waals surface area contributed by atoms with Crippen molar-refractivity contribution in [2.45, 2.75) is 13.5 Å². The van der Waals surface area contributed by atoms with Gasteiger partial charge in [0, 0.05) is 29.4 Å². The van der Waals surface area contributed by atoms with Gasteiger partial charge in [-0.2, -0.15) is 0 Å². The summed E-state index contributed by atoms with van der Waals surface area (Å²) in [4.78, 5) is 3.40. The number of hydrogen-bond donors (Lipinski definition) is 3. The van der Waals surface area contributed by atoms with Crippen LogP contribution < -0.4 is 19.5 Å². The molecule has 164 valence electrons. The van der Waals surface area contributed by atoms with Crippen molar-refractivity contribution in [2.75, 3.05) is 33.4 Å². The van der Waals surface area contributed by atoms with Crippen LogP contribution in [-0.4, -0.2) is 49.6 Å². The molecule has 3 N–H and O–H groups in total. The van der Waals surface area contributed by atoms with Crippen LogP contribution in [0.25, 0.3) is 21.8 Å². The van der Waals surface area contributed by atoms with E-state index >= 15 is 0 Å². The van der Waals surface area contributed by atoms with Crippen LogP contribution in [-0.2, 0) is 0 Å². The summed E-state index contributed by atoms with van der Waals surface area (Å²) in [5.41, 5.74) is 2.09. The van der Waals surface area contributed by atoms with E-state index in [1.807, 2.05) is 60.7 Å². The summed E-state index contributed by atoms with van der Waals surface area (Å²) in [5, 5.41) is 15.6. The van der Waals surface area contributed by atoms with Crippen molar-refractivity contribution in [2.24, 2.45) is 0 Å². The number of fused-ring (bicyclic) bond motifs is 3. The maximum atomic E-state index is 10.3. The third-order valence-corrected chi connectivity index (χ3v) is 4.91. The predicted octanol–water partition coefficient (Wildman–Crippen LogP) is 4.37. The van der Waals surface area contributed by atoms with E-state index in [0.717, 1.165) is 27.6 Å². The largest absolute Gasteiger partial charge is 0.493 e. The molecule has 1 heterocycles. The molecule has 0 aliphatic rings. The monoisotopic (exact) mass is 422 g/mol. The van der Waals surface area contributed by atoms with E-state index in [0.29, 0.717) is 31.2 Å². The predicted molar refractivity (Wildman–Crippen MR) is 125 cm³/mol. The van der Waals surface area contributed by atoms with E-state index in [4.69, 9.17) is 14.2 Å². The van der Waals surface area contributed by atoms with E-state index in [2.05, 4.69) is 16.4 Å². The van der Waals surface area contributed by atoms with Crippen LogP contribution >= 0.6 is 0 Å². The standard InChI is InChI=1S/C24H26N2O4.CH4/c1-28-21-10-4-5-11-22(21)29-14-13-25-15-17(27)16-30-23-12-6-9-20-24(23)18-7-2-3-8-19(18)26-20;/h2-12,17,25-27H,13-16H2,1H3;1H4. The molecule has 4 rings (SSSR count). The Balaban J connectivity index is 0.00000272. The summed E-state index contributed by atoms with van der Waals surface area (Å²) >= 11 is 0. The molecule has 6 heteroatoms. The van der Waals surface area contributed by atoms with E-state index in [9.17, 15) is 5.11 Å². The van der Waals surface area contributed by atoms with Gasteiger partial charge in [0.2, 0.25) is 0 Å². The highest BCUT2D eigenvalue weighted by molar-refractivity contribution is 6.10. The minimum absolute atomic E-state index is 0. The molecule has 0 spiro atoms. The van der Waals surface area contributed by atoms with Gasteiger partial charge in [-0.05, 0) is 30.3 Å². The van der Waals surface area contributed by atoms with Gasteiger partial charge < -0.3 is 29.6 Å². The Labute approximate surface area is 182 Å². The average Bonchev–Trinajstić information content (AvgIpc) is 3.17. The molecule has 0 bridgehead atoms. The van der Waals surface area contributed by atoms with Gasteiger partial charge in [0.05, 0.1) is 12.6 Å². The molecule has 0 saturated heterocycles. The Morgan fingerprint density at radius 2 is 1.58 bits per heavy atom. The van der Waals surface area contributed by atoms with E-state index in [-0.39, 0.29) is 14.0 Å². The Kier molecular flexibility index (Phi) is 7.76. The van der Waals surface area contributed by atoms with Crippen molar-refractivity contribution < 1.29 is 19.3 Å². The molecule has 0 aliphatic heterocycles. The summed E-state index contributed by atoms with van der Waals surface area (Å²) in [6, 6.07) is 21.6. The maximum absolute atomic E-state index is 10.3. The zero-order chi connectivity index (χ0) is 20.8. The first kappa shape index (κ1) is 22.5. The van der Waals surface area contributed by atoms with Crippen molar-refractivity contribution in [3.63, 3.8) is 0 Å². The number of aliphatic hydroxyl groups excluding tert-OH is 1. The molecule has 0 saturated carbocycles. The summed E-state index contributed by atoms with van der Waals surface area (Å²) in [6.45, 7) is 1.70. The topological polar surface area (TPSA) is 75.7 Å². The van der Waals surface area contributed by atoms with E-state index in [1.54, 1.807) is 7.11 Å². The van der Waals surface area contributed by atoms with Gasteiger partial charge in [0.25, 0.3) is 0 Å². The third-order valence-electron chi connectivity index (χ3n) is 4.91. The lowest BCUT2D eigenvalue weighted by Crippen LogP contribution is -2.33. The van der Waals surface area contributed by atoms with E-state index < -0.39 is 6.10 Å². The molecule has 1 aromatic heterocycles. The van der Waals surface area contributed by atoms with Crippen molar-refractivity contribution >= 4 is 21.8 Å². The van der Waals surface area contributed by atoms with Crippen LogP contribution in [0.3, 0.4) is 0 Å². The molecule has 6 nitrogen and oxygen atoms in total. The Morgan fingerprint density at radius 3 is 2.42 bits per heavy atom. The van der Waals surface area contributed by atoms with Gasteiger partial charge in [-0.3, -0.25) is 0 Å². The van der Waals surface area contributed by atoms with Crippen molar-refractivity contribution in [1.29, 1.82) is 0 Å². The fourth-order valence-electron chi connectivity index (χ4n) is 3.47. The highest BCUT2D eigenvalue weighted by Gasteiger charge is 2.11. The smallest absolute Gasteiger partial charge is 0.161 e. The number of aromatic nitrogens is 1. The van der Waals surface area contributed by atoms with Crippen LogP contribution in [0.2, 0.25) is 0 Å². The summed E-state index contributed by atoms with van der Waals surface area (Å²) in [6.07, 6.45) is -0.628. The molecule has 0 amide bonds. The maximum Gasteiger partial charge on any atom is 0.161 e. The van der Waals surface area contributed by atoms with Crippen LogP contribution in [0.4, 0.5) is 0 Å². The lowest BCUT2D eigenvalue weighted by Gasteiger charge is -2.15. The number of aromatic amines is 1. The molecule has 31 heavy (non-hydrogen) atoms. The molecule has 3 aromatic carbocycles. The molecule has 0 fully saturated rings. The van der Waals surface area contributed by atoms with Crippen molar-refractivity contribution in [3.8, 4) is 17.2 Å². The second kappa shape index (κ2) is 10.7. The van der Waals surface area contributed by atoms with Gasteiger partial charge in [0.15, 0.2) is 11.5 Å². The number of aliphatic hydroxyl groups is 1. The fourth-order valence-corrected chi connectivity index (χ4v) is 3.47. The summed E-state index contributed by atoms with van der Waals surface area (Å²) in [7, 11) is 1.62. The quantitative estimate of drug-likeness (QED) is 0.331. The Bertz CT molecular complexity index is 1110. The first-order valence-corrected chi connectivity index (χ1v) is 10.0. The summed E-state index contributed by atoms with van der Waals surface area (Å²) in [5.74, 6) is 2.18. The highest BCUT2D eigenvalue weighted by Crippen LogP contribution is 2.33. The van der Waals surface area contributed by atoms with Crippen LogP contribution in [0.5, 0.6) is 17.2 Å². The number of rotatable bonds is 10.